The van der Waals surface area contributed by atoms with Gasteiger partial charge < -0.3 is 15.9 Å². The van der Waals surface area contributed by atoms with E-state index in [-0.39, 0.29) is 13.2 Å². The topological polar surface area (TPSA) is 121 Å². The van der Waals surface area contributed by atoms with Crippen LogP contribution in [-0.2, 0) is 10.1 Å². The van der Waals surface area contributed by atoms with E-state index in [1.54, 1.807) is 0 Å². The maximum atomic E-state index is 9.19. The second-order valence-corrected chi connectivity index (χ2v) is 3.27. The molecule has 0 radical (unpaired) electrons. The zero-order valence-electron chi connectivity index (χ0n) is 6.14. The summed E-state index contributed by atoms with van der Waals surface area (Å²) in [5.74, 6) is 0. The molecular formula is C4H13NO5S. The molecule has 0 saturated heterocycles. The summed E-state index contributed by atoms with van der Waals surface area (Å²) in [6.45, 7) is -0.104. The fourth-order valence-electron chi connectivity index (χ4n) is 0.0745. The van der Waals surface area contributed by atoms with Crippen LogP contribution in [0.5, 0.6) is 0 Å². The van der Waals surface area contributed by atoms with E-state index in [0.717, 1.165) is 0 Å². The molecule has 6 nitrogen and oxygen atoms in total. The van der Waals surface area contributed by atoms with Crippen LogP contribution >= 0.6 is 0 Å². The second-order valence-electron chi connectivity index (χ2n) is 1.81. The van der Waals surface area contributed by atoms with Gasteiger partial charge in [0.25, 0.3) is 10.1 Å². The predicted molar refractivity (Wildman–Crippen MR) is 39.6 cm³/mol. The van der Waals surface area contributed by atoms with Crippen molar-refractivity contribution in [1.29, 1.82) is 0 Å². The van der Waals surface area contributed by atoms with E-state index in [2.05, 4.69) is 0 Å². The molecule has 1 atom stereocenters. The van der Waals surface area contributed by atoms with Crippen LogP contribution in [0.1, 0.15) is 0 Å². The highest BCUT2D eigenvalue weighted by molar-refractivity contribution is 7.85. The van der Waals surface area contributed by atoms with E-state index in [1.165, 1.54) is 0 Å². The zero-order valence-corrected chi connectivity index (χ0v) is 6.95. The van der Waals surface area contributed by atoms with Crippen LogP contribution in [0.15, 0.2) is 0 Å². The molecule has 1 unspecified atom stereocenters. The van der Waals surface area contributed by atoms with Gasteiger partial charge in [0, 0.05) is 6.54 Å². The highest BCUT2D eigenvalue weighted by Crippen LogP contribution is 1.69. The molecule has 0 aliphatic heterocycles. The second kappa shape index (κ2) is 6.50. The van der Waals surface area contributed by atoms with Crippen LogP contribution in [0.25, 0.3) is 0 Å². The Balaban J connectivity index is 0. The van der Waals surface area contributed by atoms with E-state index >= 15 is 0 Å². The van der Waals surface area contributed by atoms with E-state index in [9.17, 15) is 8.42 Å². The molecule has 0 heterocycles. The summed E-state index contributed by atoms with van der Waals surface area (Å²) in [5, 5.41) is 16.3. The van der Waals surface area contributed by atoms with Crippen molar-refractivity contribution in [3.8, 4) is 0 Å². The molecule has 0 aliphatic carbocycles. The Morgan fingerprint density at radius 1 is 1.55 bits per heavy atom. The molecule has 0 rings (SSSR count). The summed E-state index contributed by atoms with van der Waals surface area (Å²) < 4.78 is 25.9. The van der Waals surface area contributed by atoms with Gasteiger partial charge in [0.05, 0.1) is 19.0 Å². The quantitative estimate of drug-likeness (QED) is 0.364. The molecule has 0 fully saturated rings. The summed E-state index contributed by atoms with van der Waals surface area (Å²) in [6, 6.07) is 0. The molecule has 70 valence electrons. The average Bonchev–Trinajstić information content (AvgIpc) is 1.83. The Hall–Kier alpha value is -0.210. The van der Waals surface area contributed by atoms with E-state index in [0.29, 0.717) is 6.26 Å². The van der Waals surface area contributed by atoms with Crippen molar-refractivity contribution >= 4 is 10.1 Å². The van der Waals surface area contributed by atoms with Crippen molar-refractivity contribution in [3.63, 3.8) is 0 Å². The highest BCUT2D eigenvalue weighted by atomic mass is 32.2. The third-order valence-corrected chi connectivity index (χ3v) is 0.483. The lowest BCUT2D eigenvalue weighted by molar-refractivity contribution is 0.102. The van der Waals surface area contributed by atoms with Gasteiger partial charge >= 0.3 is 0 Å². The van der Waals surface area contributed by atoms with Crippen LogP contribution in [-0.4, -0.2) is 48.7 Å². The summed E-state index contributed by atoms with van der Waals surface area (Å²) in [4.78, 5) is 0. The summed E-state index contributed by atoms with van der Waals surface area (Å²) in [5.41, 5.74) is 4.87. The fourth-order valence-corrected chi connectivity index (χ4v) is 0.0745. The van der Waals surface area contributed by atoms with E-state index < -0.39 is 16.2 Å². The van der Waals surface area contributed by atoms with Crippen molar-refractivity contribution in [1.82, 2.24) is 0 Å². The largest absolute Gasteiger partial charge is 0.394 e. The number of nitrogens with two attached hydrogens (primary N) is 1. The highest BCUT2D eigenvalue weighted by Gasteiger charge is 1.92. The third kappa shape index (κ3) is 41.4. The van der Waals surface area contributed by atoms with Crippen LogP contribution < -0.4 is 5.73 Å². The molecule has 7 heteroatoms. The number of hydrogen-bond acceptors (Lipinski definition) is 5. The SMILES string of the molecule is CS(=O)(=O)O.NCC(O)CO. The van der Waals surface area contributed by atoms with Gasteiger partial charge in [-0.15, -0.1) is 0 Å². The predicted octanol–water partition coefficient (Wildman–Crippen LogP) is -2.20. The molecule has 0 aromatic carbocycles. The van der Waals surface area contributed by atoms with Gasteiger partial charge in [-0.3, -0.25) is 4.55 Å². The van der Waals surface area contributed by atoms with Gasteiger partial charge in [0.2, 0.25) is 0 Å². The van der Waals surface area contributed by atoms with E-state index in [1.807, 2.05) is 0 Å². The van der Waals surface area contributed by atoms with Crippen LogP contribution in [0.2, 0.25) is 0 Å². The minimum Gasteiger partial charge on any atom is -0.394 e. The minimum absolute atomic E-state index is 0.135. The lowest BCUT2D eigenvalue weighted by Gasteiger charge is -1.97. The lowest BCUT2D eigenvalue weighted by Crippen LogP contribution is -2.22. The Morgan fingerprint density at radius 3 is 1.82 bits per heavy atom. The first-order valence-corrected chi connectivity index (χ1v) is 4.57. The lowest BCUT2D eigenvalue weighted by atomic mass is 10.4. The first kappa shape index (κ1) is 13.4. The first-order valence-electron chi connectivity index (χ1n) is 2.72. The molecule has 0 spiro atoms. The van der Waals surface area contributed by atoms with Crippen LogP contribution in [0, 0.1) is 0 Å². The monoisotopic (exact) mass is 187 g/mol. The smallest absolute Gasteiger partial charge is 0.261 e. The van der Waals surface area contributed by atoms with Gasteiger partial charge in [-0.2, -0.15) is 8.42 Å². The normalized spacial score (nSPS) is 13.2. The Morgan fingerprint density at radius 2 is 1.82 bits per heavy atom. The Labute approximate surface area is 65.4 Å². The molecule has 11 heavy (non-hydrogen) atoms. The number of aliphatic hydroxyl groups is 2. The van der Waals surface area contributed by atoms with Gasteiger partial charge in [-0.1, -0.05) is 0 Å². The number of aliphatic hydroxyl groups excluding tert-OH is 2. The Bertz CT molecular complexity index is 153. The zero-order chi connectivity index (χ0) is 9.49. The van der Waals surface area contributed by atoms with Crippen molar-refractivity contribution in [2.75, 3.05) is 19.4 Å². The standard InChI is InChI=1S/C3H9NO2.CH4O3S/c4-1-3(6)2-5;1-5(2,3)4/h3,5-6H,1-2,4H2;1H3,(H,2,3,4). The maximum absolute atomic E-state index is 9.19. The van der Waals surface area contributed by atoms with Crippen molar-refractivity contribution in [3.05, 3.63) is 0 Å². The first-order chi connectivity index (χ1) is 4.81. The molecule has 0 aromatic heterocycles. The van der Waals surface area contributed by atoms with Crippen molar-refractivity contribution in [2.45, 2.75) is 6.10 Å². The number of hydrogen-bond donors (Lipinski definition) is 4. The van der Waals surface area contributed by atoms with E-state index in [4.69, 9.17) is 20.5 Å². The van der Waals surface area contributed by atoms with Gasteiger partial charge in [-0.25, -0.2) is 0 Å². The van der Waals surface area contributed by atoms with Crippen molar-refractivity contribution in [2.24, 2.45) is 5.73 Å². The fraction of sp³-hybridized carbons (Fsp3) is 1.00. The molecule has 0 amide bonds. The summed E-state index contributed by atoms with van der Waals surface area (Å²) in [7, 11) is -3.67. The van der Waals surface area contributed by atoms with Gasteiger partial charge in [0.15, 0.2) is 0 Å². The van der Waals surface area contributed by atoms with Gasteiger partial charge in [0.1, 0.15) is 0 Å². The van der Waals surface area contributed by atoms with Crippen LogP contribution in [0.4, 0.5) is 0 Å². The van der Waals surface area contributed by atoms with Crippen LogP contribution in [0.3, 0.4) is 0 Å². The Kier molecular flexibility index (Phi) is 7.91. The third-order valence-electron chi connectivity index (χ3n) is 0.483. The maximum Gasteiger partial charge on any atom is 0.261 e. The summed E-state index contributed by atoms with van der Waals surface area (Å²) >= 11 is 0. The van der Waals surface area contributed by atoms with Crippen molar-refractivity contribution < 1.29 is 23.2 Å². The number of rotatable bonds is 2. The molecule has 0 bridgehead atoms. The molecule has 0 aliphatic rings. The molecule has 0 aromatic rings. The van der Waals surface area contributed by atoms with Gasteiger partial charge in [-0.05, 0) is 0 Å². The summed E-state index contributed by atoms with van der Waals surface area (Å²) in [6.07, 6.45) is -0.0162. The molecule has 0 saturated carbocycles. The molecular weight excluding hydrogens is 174 g/mol. The molecule has 5 N–H and O–H groups in total. The minimum atomic E-state index is -3.67. The average molecular weight is 187 g/mol.